The number of hydrogen-bond acceptors (Lipinski definition) is 3. The molecule has 0 saturated heterocycles. The van der Waals surface area contributed by atoms with Crippen molar-refractivity contribution >= 4 is 5.71 Å². The van der Waals surface area contributed by atoms with Crippen molar-refractivity contribution in [2.45, 2.75) is 59.0 Å². The monoisotopic (exact) mass is 201 g/mol. The SMILES string of the molecule is CCCC(CCC)(OO)C(C)=NCC. The number of rotatable bonds is 7. The number of nitrogens with zero attached hydrogens (tertiary/aromatic N) is 1. The van der Waals surface area contributed by atoms with E-state index >= 15 is 0 Å². The highest BCUT2D eigenvalue weighted by atomic mass is 17.1. The average molecular weight is 201 g/mol. The van der Waals surface area contributed by atoms with Crippen molar-refractivity contribution in [1.82, 2.24) is 0 Å². The van der Waals surface area contributed by atoms with Gasteiger partial charge >= 0.3 is 0 Å². The molecule has 0 aromatic rings. The van der Waals surface area contributed by atoms with Crippen LogP contribution < -0.4 is 0 Å². The van der Waals surface area contributed by atoms with Gasteiger partial charge in [0.15, 0.2) is 0 Å². The zero-order valence-corrected chi connectivity index (χ0v) is 9.84. The van der Waals surface area contributed by atoms with Crippen molar-refractivity contribution in [2.75, 3.05) is 6.54 Å². The van der Waals surface area contributed by atoms with Gasteiger partial charge in [-0.1, -0.05) is 26.7 Å². The summed E-state index contributed by atoms with van der Waals surface area (Å²) >= 11 is 0. The Kier molecular flexibility index (Phi) is 6.75. The van der Waals surface area contributed by atoms with Crippen LogP contribution in [0.25, 0.3) is 0 Å². The Morgan fingerprint density at radius 3 is 2.00 bits per heavy atom. The molecule has 0 radical (unpaired) electrons. The first-order valence-electron chi connectivity index (χ1n) is 5.50. The maximum Gasteiger partial charge on any atom is 0.140 e. The van der Waals surface area contributed by atoms with E-state index in [0.29, 0.717) is 0 Å². The Hall–Kier alpha value is -0.410. The zero-order chi connectivity index (χ0) is 11.0. The van der Waals surface area contributed by atoms with Crippen molar-refractivity contribution in [1.29, 1.82) is 0 Å². The highest BCUT2D eigenvalue weighted by molar-refractivity contribution is 5.90. The van der Waals surface area contributed by atoms with Crippen LogP contribution in [0.4, 0.5) is 0 Å². The smallest absolute Gasteiger partial charge is 0.140 e. The molecule has 0 aliphatic carbocycles. The van der Waals surface area contributed by atoms with E-state index in [9.17, 15) is 0 Å². The number of aliphatic imine (C=N–C) groups is 1. The van der Waals surface area contributed by atoms with Gasteiger partial charge in [-0.05, 0) is 26.7 Å². The first-order valence-corrected chi connectivity index (χ1v) is 5.50. The third kappa shape index (κ3) is 3.39. The second-order valence-electron chi connectivity index (χ2n) is 3.65. The molecule has 3 heteroatoms. The summed E-state index contributed by atoms with van der Waals surface area (Å²) in [5, 5.41) is 9.05. The van der Waals surface area contributed by atoms with Gasteiger partial charge in [-0.3, -0.25) is 10.2 Å². The first-order chi connectivity index (χ1) is 6.66. The Morgan fingerprint density at radius 2 is 1.71 bits per heavy atom. The fourth-order valence-electron chi connectivity index (χ4n) is 1.83. The normalized spacial score (nSPS) is 13.4. The molecule has 0 saturated carbocycles. The summed E-state index contributed by atoms with van der Waals surface area (Å²) < 4.78 is 0. The minimum absolute atomic E-state index is 0.542. The molecule has 0 aromatic carbocycles. The largest absolute Gasteiger partial charge is 0.292 e. The summed E-state index contributed by atoms with van der Waals surface area (Å²) in [6, 6.07) is 0. The molecule has 3 nitrogen and oxygen atoms in total. The second-order valence-corrected chi connectivity index (χ2v) is 3.65. The predicted octanol–water partition coefficient (Wildman–Crippen LogP) is 3.30. The molecule has 0 heterocycles. The van der Waals surface area contributed by atoms with E-state index in [4.69, 9.17) is 10.1 Å². The highest BCUT2D eigenvalue weighted by Gasteiger charge is 2.33. The summed E-state index contributed by atoms with van der Waals surface area (Å²) in [5.41, 5.74) is 0.366. The fourth-order valence-corrected chi connectivity index (χ4v) is 1.83. The van der Waals surface area contributed by atoms with E-state index in [1.165, 1.54) is 0 Å². The van der Waals surface area contributed by atoms with Crippen molar-refractivity contribution < 1.29 is 10.1 Å². The average Bonchev–Trinajstić information content (AvgIpc) is 2.17. The van der Waals surface area contributed by atoms with Gasteiger partial charge in [-0.2, -0.15) is 0 Å². The van der Waals surface area contributed by atoms with E-state index in [2.05, 4.69) is 18.8 Å². The molecule has 0 amide bonds. The Balaban J connectivity index is 4.71. The van der Waals surface area contributed by atoms with Gasteiger partial charge in [0, 0.05) is 12.3 Å². The van der Waals surface area contributed by atoms with Crippen molar-refractivity contribution in [2.24, 2.45) is 4.99 Å². The molecule has 0 spiro atoms. The predicted molar refractivity (Wildman–Crippen MR) is 59.9 cm³/mol. The third-order valence-corrected chi connectivity index (χ3v) is 2.54. The molecular weight excluding hydrogens is 178 g/mol. The number of hydrogen-bond donors (Lipinski definition) is 1. The standard InChI is InChI=1S/C11H23NO2/c1-5-8-11(14-13,9-6-2)10(4)12-7-3/h13H,5-9H2,1-4H3. The van der Waals surface area contributed by atoms with Gasteiger partial charge in [0.05, 0.1) is 0 Å². The van der Waals surface area contributed by atoms with Crippen LogP contribution in [0.5, 0.6) is 0 Å². The van der Waals surface area contributed by atoms with Crippen LogP contribution in [0, 0.1) is 0 Å². The minimum Gasteiger partial charge on any atom is -0.292 e. The van der Waals surface area contributed by atoms with Crippen LogP contribution in [0.3, 0.4) is 0 Å². The zero-order valence-electron chi connectivity index (χ0n) is 9.84. The van der Waals surface area contributed by atoms with Crippen molar-refractivity contribution in [3.63, 3.8) is 0 Å². The lowest BCUT2D eigenvalue weighted by molar-refractivity contribution is -0.303. The van der Waals surface area contributed by atoms with E-state index < -0.39 is 5.60 Å². The molecule has 0 aliphatic rings. The van der Waals surface area contributed by atoms with Crippen LogP contribution in [0.2, 0.25) is 0 Å². The molecule has 0 aromatic heterocycles. The molecule has 84 valence electrons. The Morgan fingerprint density at radius 1 is 1.21 bits per heavy atom. The van der Waals surface area contributed by atoms with Crippen LogP contribution >= 0.6 is 0 Å². The summed E-state index contributed by atoms with van der Waals surface area (Å²) in [4.78, 5) is 9.04. The van der Waals surface area contributed by atoms with Crippen LogP contribution in [0.15, 0.2) is 4.99 Å². The summed E-state index contributed by atoms with van der Waals surface area (Å²) in [5.74, 6) is 0. The van der Waals surface area contributed by atoms with E-state index in [1.807, 2.05) is 13.8 Å². The third-order valence-electron chi connectivity index (χ3n) is 2.54. The minimum atomic E-state index is -0.542. The summed E-state index contributed by atoms with van der Waals surface area (Å²) in [7, 11) is 0. The van der Waals surface area contributed by atoms with Crippen LogP contribution in [-0.2, 0) is 4.89 Å². The molecule has 0 rings (SSSR count). The van der Waals surface area contributed by atoms with Gasteiger partial charge in [0.1, 0.15) is 5.60 Å². The summed E-state index contributed by atoms with van der Waals surface area (Å²) in [6.45, 7) is 8.84. The van der Waals surface area contributed by atoms with Crippen molar-refractivity contribution in [3.05, 3.63) is 0 Å². The molecule has 0 fully saturated rings. The van der Waals surface area contributed by atoms with E-state index in [0.717, 1.165) is 37.9 Å². The van der Waals surface area contributed by atoms with Crippen molar-refractivity contribution in [3.8, 4) is 0 Å². The molecule has 1 N–H and O–H groups in total. The lowest BCUT2D eigenvalue weighted by Gasteiger charge is -2.29. The topological polar surface area (TPSA) is 41.8 Å². The lowest BCUT2D eigenvalue weighted by Crippen LogP contribution is -2.39. The van der Waals surface area contributed by atoms with Gasteiger partial charge in [0.2, 0.25) is 0 Å². The first kappa shape index (κ1) is 13.6. The molecule has 0 bridgehead atoms. The lowest BCUT2D eigenvalue weighted by atomic mass is 9.88. The Bertz CT molecular complexity index is 172. The van der Waals surface area contributed by atoms with Crippen LogP contribution in [0.1, 0.15) is 53.4 Å². The summed E-state index contributed by atoms with van der Waals surface area (Å²) in [6.07, 6.45) is 3.62. The quantitative estimate of drug-likeness (QED) is 0.390. The molecule has 0 atom stereocenters. The molecular formula is C11H23NO2. The van der Waals surface area contributed by atoms with E-state index in [1.54, 1.807) is 0 Å². The maximum absolute atomic E-state index is 9.05. The van der Waals surface area contributed by atoms with E-state index in [-0.39, 0.29) is 0 Å². The second kappa shape index (κ2) is 6.96. The molecule has 0 unspecified atom stereocenters. The molecule has 14 heavy (non-hydrogen) atoms. The molecule has 0 aliphatic heterocycles. The van der Waals surface area contributed by atoms with Gasteiger partial charge in [-0.15, -0.1) is 0 Å². The maximum atomic E-state index is 9.05. The van der Waals surface area contributed by atoms with Gasteiger partial charge < -0.3 is 0 Å². The fraction of sp³-hybridized carbons (Fsp3) is 0.909. The van der Waals surface area contributed by atoms with Crippen LogP contribution in [-0.4, -0.2) is 23.1 Å². The highest BCUT2D eigenvalue weighted by Crippen LogP contribution is 2.25. The Labute approximate surface area is 87.1 Å². The van der Waals surface area contributed by atoms with Gasteiger partial charge in [0.25, 0.3) is 0 Å². The van der Waals surface area contributed by atoms with Gasteiger partial charge in [-0.25, -0.2) is 4.89 Å².